The Hall–Kier alpha value is -0.380. The van der Waals surface area contributed by atoms with Crippen molar-refractivity contribution >= 4 is 28.7 Å². The summed E-state index contributed by atoms with van der Waals surface area (Å²) in [5, 5.41) is 2.95. The summed E-state index contributed by atoms with van der Waals surface area (Å²) in [5.74, 6) is 0.257. The summed E-state index contributed by atoms with van der Waals surface area (Å²) >= 11 is 7.22. The molecule has 0 spiro atoms. The van der Waals surface area contributed by atoms with E-state index < -0.39 is 0 Å². The summed E-state index contributed by atoms with van der Waals surface area (Å²) in [4.78, 5) is 12.4. The van der Waals surface area contributed by atoms with Crippen molar-refractivity contribution in [3.8, 4) is 0 Å². The third-order valence-corrected chi connectivity index (χ3v) is 2.89. The molecule has 0 aliphatic rings. The Morgan fingerprint density at radius 1 is 1.62 bits per heavy atom. The first kappa shape index (κ1) is 10.7. The molecule has 0 saturated heterocycles. The van der Waals surface area contributed by atoms with Crippen LogP contribution in [-0.2, 0) is 11.2 Å². The lowest BCUT2D eigenvalue weighted by Gasteiger charge is -1.97. The summed E-state index contributed by atoms with van der Waals surface area (Å²) in [5.41, 5.74) is 0. The number of carbonyl (C=O) groups excluding carboxylic acids is 1. The fourth-order valence-corrected chi connectivity index (χ4v) is 2.11. The van der Waals surface area contributed by atoms with Crippen molar-refractivity contribution in [3.05, 3.63) is 21.3 Å². The first-order valence-electron chi connectivity index (χ1n) is 4.13. The van der Waals surface area contributed by atoms with Crippen molar-refractivity contribution < 1.29 is 4.79 Å². The summed E-state index contributed by atoms with van der Waals surface area (Å²) in [6.45, 7) is 0.748. The lowest BCUT2D eigenvalue weighted by Crippen LogP contribution is -2.13. The average Bonchev–Trinajstić information content (AvgIpc) is 2.48. The maximum atomic E-state index is 11.3. The number of hydrogen-bond donors (Lipinski definition) is 1. The molecular weight excluding hydrogens is 206 g/mol. The predicted molar refractivity (Wildman–Crippen MR) is 56.6 cm³/mol. The maximum Gasteiger partial charge on any atom is 0.139 e. The van der Waals surface area contributed by atoms with Crippen molar-refractivity contribution in [1.82, 2.24) is 5.32 Å². The fourth-order valence-electron chi connectivity index (χ4n) is 0.994. The smallest absolute Gasteiger partial charge is 0.139 e. The van der Waals surface area contributed by atoms with Crippen LogP contribution in [0.3, 0.4) is 0 Å². The molecule has 1 N–H and O–H groups in total. The van der Waals surface area contributed by atoms with Crippen LogP contribution in [0.2, 0.25) is 4.34 Å². The van der Waals surface area contributed by atoms with E-state index in [2.05, 4.69) is 5.32 Å². The molecule has 0 atom stereocenters. The Kier molecular flexibility index (Phi) is 4.42. The standard InChI is InChI=1S/C9H12ClNOS/c1-11-5-4-7(12)6-8-2-3-9(10)13-8/h2-3,11H,4-6H2,1H3. The molecule has 1 aromatic rings. The first-order valence-corrected chi connectivity index (χ1v) is 5.32. The van der Waals surface area contributed by atoms with Crippen molar-refractivity contribution in [2.24, 2.45) is 0 Å². The highest BCUT2D eigenvalue weighted by Gasteiger charge is 2.04. The maximum absolute atomic E-state index is 11.3. The van der Waals surface area contributed by atoms with Gasteiger partial charge in [0.05, 0.1) is 4.34 Å². The van der Waals surface area contributed by atoms with E-state index in [9.17, 15) is 4.79 Å². The predicted octanol–water partition coefficient (Wildman–Crippen LogP) is 2.12. The second-order valence-corrected chi connectivity index (χ2v) is 4.57. The molecule has 0 fully saturated rings. The number of thiophene rings is 1. The zero-order valence-electron chi connectivity index (χ0n) is 7.47. The van der Waals surface area contributed by atoms with E-state index in [0.717, 1.165) is 15.8 Å². The summed E-state index contributed by atoms with van der Waals surface area (Å²) in [6.07, 6.45) is 1.10. The lowest BCUT2D eigenvalue weighted by atomic mass is 10.2. The lowest BCUT2D eigenvalue weighted by molar-refractivity contribution is -0.118. The molecule has 0 radical (unpaired) electrons. The number of halogens is 1. The summed E-state index contributed by atoms with van der Waals surface area (Å²) < 4.78 is 0.747. The third kappa shape index (κ3) is 3.89. The number of rotatable bonds is 5. The molecular formula is C9H12ClNOS. The summed E-state index contributed by atoms with van der Waals surface area (Å²) in [6, 6.07) is 3.73. The van der Waals surface area contributed by atoms with Crippen molar-refractivity contribution in [2.75, 3.05) is 13.6 Å². The summed E-state index contributed by atoms with van der Waals surface area (Å²) in [7, 11) is 1.84. The van der Waals surface area contributed by atoms with E-state index in [-0.39, 0.29) is 5.78 Å². The quantitative estimate of drug-likeness (QED) is 0.819. The van der Waals surface area contributed by atoms with E-state index in [1.54, 1.807) is 0 Å². The van der Waals surface area contributed by atoms with E-state index in [1.807, 2.05) is 19.2 Å². The minimum absolute atomic E-state index is 0.257. The Morgan fingerprint density at radius 3 is 2.92 bits per heavy atom. The highest BCUT2D eigenvalue weighted by atomic mass is 35.5. The first-order chi connectivity index (χ1) is 6.22. The van der Waals surface area contributed by atoms with Crippen LogP contribution in [0, 0.1) is 0 Å². The molecule has 2 nitrogen and oxygen atoms in total. The van der Waals surface area contributed by atoms with Gasteiger partial charge in [0.2, 0.25) is 0 Å². The van der Waals surface area contributed by atoms with Crippen molar-refractivity contribution in [2.45, 2.75) is 12.8 Å². The molecule has 1 aromatic heterocycles. The van der Waals surface area contributed by atoms with E-state index in [0.29, 0.717) is 12.8 Å². The number of ketones is 1. The zero-order chi connectivity index (χ0) is 9.68. The van der Waals surface area contributed by atoms with Gasteiger partial charge in [-0.05, 0) is 19.2 Å². The van der Waals surface area contributed by atoms with Crippen LogP contribution in [0.15, 0.2) is 12.1 Å². The largest absolute Gasteiger partial charge is 0.319 e. The fraction of sp³-hybridized carbons (Fsp3) is 0.444. The molecule has 72 valence electrons. The molecule has 13 heavy (non-hydrogen) atoms. The Bertz CT molecular complexity index is 285. The van der Waals surface area contributed by atoms with Gasteiger partial charge in [-0.15, -0.1) is 11.3 Å². The van der Waals surface area contributed by atoms with Crippen LogP contribution in [-0.4, -0.2) is 19.4 Å². The van der Waals surface area contributed by atoms with Gasteiger partial charge in [-0.2, -0.15) is 0 Å². The Balaban J connectivity index is 2.36. The number of nitrogens with one attached hydrogen (secondary N) is 1. The minimum Gasteiger partial charge on any atom is -0.319 e. The highest BCUT2D eigenvalue weighted by Crippen LogP contribution is 2.21. The van der Waals surface area contributed by atoms with Crippen LogP contribution < -0.4 is 5.32 Å². The molecule has 0 aliphatic carbocycles. The van der Waals surface area contributed by atoms with Crippen molar-refractivity contribution in [1.29, 1.82) is 0 Å². The van der Waals surface area contributed by atoms with E-state index in [4.69, 9.17) is 11.6 Å². The van der Waals surface area contributed by atoms with Gasteiger partial charge in [-0.25, -0.2) is 0 Å². The van der Waals surface area contributed by atoms with Gasteiger partial charge in [0, 0.05) is 24.3 Å². The van der Waals surface area contributed by atoms with E-state index in [1.165, 1.54) is 11.3 Å². The van der Waals surface area contributed by atoms with Crippen LogP contribution >= 0.6 is 22.9 Å². The van der Waals surface area contributed by atoms with Crippen LogP contribution in [0.5, 0.6) is 0 Å². The van der Waals surface area contributed by atoms with Gasteiger partial charge >= 0.3 is 0 Å². The van der Waals surface area contributed by atoms with Crippen molar-refractivity contribution in [3.63, 3.8) is 0 Å². The van der Waals surface area contributed by atoms with Gasteiger partial charge in [-0.1, -0.05) is 11.6 Å². The second-order valence-electron chi connectivity index (χ2n) is 2.77. The molecule has 1 heterocycles. The minimum atomic E-state index is 0.257. The van der Waals surface area contributed by atoms with Gasteiger partial charge < -0.3 is 5.32 Å². The number of hydrogen-bond acceptors (Lipinski definition) is 3. The topological polar surface area (TPSA) is 29.1 Å². The third-order valence-electron chi connectivity index (χ3n) is 1.65. The molecule has 0 saturated carbocycles. The van der Waals surface area contributed by atoms with Gasteiger partial charge in [0.25, 0.3) is 0 Å². The number of carbonyl (C=O) groups is 1. The number of Topliss-reactive ketones (excluding diaryl/α,β-unsaturated/α-hetero) is 1. The van der Waals surface area contributed by atoms with Crippen LogP contribution in [0.4, 0.5) is 0 Å². The van der Waals surface area contributed by atoms with Gasteiger partial charge in [0.15, 0.2) is 0 Å². The van der Waals surface area contributed by atoms with Crippen LogP contribution in [0.25, 0.3) is 0 Å². The molecule has 0 aromatic carbocycles. The zero-order valence-corrected chi connectivity index (χ0v) is 9.04. The monoisotopic (exact) mass is 217 g/mol. The molecule has 0 amide bonds. The molecule has 1 rings (SSSR count). The Morgan fingerprint density at radius 2 is 2.38 bits per heavy atom. The molecule has 4 heteroatoms. The average molecular weight is 218 g/mol. The molecule has 0 aliphatic heterocycles. The van der Waals surface area contributed by atoms with Crippen LogP contribution in [0.1, 0.15) is 11.3 Å². The normalized spacial score (nSPS) is 10.3. The van der Waals surface area contributed by atoms with Gasteiger partial charge in [-0.3, -0.25) is 4.79 Å². The SMILES string of the molecule is CNCCC(=O)Cc1ccc(Cl)s1. The van der Waals surface area contributed by atoms with E-state index >= 15 is 0 Å². The second kappa shape index (κ2) is 5.37. The molecule has 0 bridgehead atoms. The Labute approximate surface area is 86.9 Å². The highest BCUT2D eigenvalue weighted by molar-refractivity contribution is 7.16. The van der Waals surface area contributed by atoms with Gasteiger partial charge in [0.1, 0.15) is 5.78 Å². The molecule has 0 unspecified atom stereocenters.